The molecular formula is C17H35N3O. The number of piperazine rings is 1. The first kappa shape index (κ1) is 18.4. The SMILES string of the molecule is CC(C)N1CCNCC1.CC1(C)CCC(CC(N)=O)CC1. The zero-order valence-electron chi connectivity index (χ0n) is 14.5. The van der Waals surface area contributed by atoms with Crippen molar-refractivity contribution in [2.75, 3.05) is 26.2 Å². The number of rotatable bonds is 3. The minimum absolute atomic E-state index is 0.139. The van der Waals surface area contributed by atoms with Crippen LogP contribution in [-0.4, -0.2) is 43.0 Å². The Labute approximate surface area is 130 Å². The third kappa shape index (κ3) is 7.82. The van der Waals surface area contributed by atoms with E-state index in [9.17, 15) is 4.79 Å². The fourth-order valence-electron chi connectivity index (χ4n) is 3.15. The van der Waals surface area contributed by atoms with Gasteiger partial charge in [-0.1, -0.05) is 13.8 Å². The van der Waals surface area contributed by atoms with Crippen LogP contribution in [0.4, 0.5) is 0 Å². The number of amides is 1. The molecule has 124 valence electrons. The van der Waals surface area contributed by atoms with E-state index in [1.807, 2.05) is 0 Å². The Bertz CT molecular complexity index is 299. The molecule has 2 rings (SSSR count). The van der Waals surface area contributed by atoms with Gasteiger partial charge in [-0.15, -0.1) is 0 Å². The molecule has 2 fully saturated rings. The second-order valence-corrected chi connectivity index (χ2v) is 7.66. The lowest BCUT2D eigenvalue weighted by atomic mass is 9.72. The zero-order valence-corrected chi connectivity index (χ0v) is 14.5. The minimum atomic E-state index is -0.139. The number of nitrogens with two attached hydrogens (primary N) is 1. The second-order valence-electron chi connectivity index (χ2n) is 7.66. The molecule has 0 atom stereocenters. The number of carbonyl (C=O) groups is 1. The molecule has 0 unspecified atom stereocenters. The first-order valence-corrected chi connectivity index (χ1v) is 8.53. The summed E-state index contributed by atoms with van der Waals surface area (Å²) in [6.45, 7) is 13.9. The zero-order chi connectivity index (χ0) is 15.9. The predicted octanol–water partition coefficient (Wildman–Crippen LogP) is 2.38. The lowest BCUT2D eigenvalue weighted by Crippen LogP contribution is -2.46. The summed E-state index contributed by atoms with van der Waals surface area (Å²) in [7, 11) is 0. The molecule has 1 amide bonds. The summed E-state index contributed by atoms with van der Waals surface area (Å²) in [6.07, 6.45) is 5.43. The summed E-state index contributed by atoms with van der Waals surface area (Å²) in [4.78, 5) is 13.1. The van der Waals surface area contributed by atoms with E-state index >= 15 is 0 Å². The summed E-state index contributed by atoms with van der Waals surface area (Å²) in [6, 6.07) is 0.729. The van der Waals surface area contributed by atoms with Gasteiger partial charge >= 0.3 is 0 Å². The quantitative estimate of drug-likeness (QED) is 0.841. The Kier molecular flexibility index (Phi) is 7.67. The summed E-state index contributed by atoms with van der Waals surface area (Å²) in [5.74, 6) is 0.426. The largest absolute Gasteiger partial charge is 0.370 e. The van der Waals surface area contributed by atoms with E-state index in [1.54, 1.807) is 0 Å². The molecule has 0 aromatic heterocycles. The number of nitrogens with zero attached hydrogens (tertiary/aromatic N) is 1. The van der Waals surface area contributed by atoms with Gasteiger partial charge in [0.25, 0.3) is 0 Å². The van der Waals surface area contributed by atoms with Crippen LogP contribution in [0.15, 0.2) is 0 Å². The molecule has 1 heterocycles. The second kappa shape index (κ2) is 8.74. The first-order valence-electron chi connectivity index (χ1n) is 8.53. The van der Waals surface area contributed by atoms with Crippen LogP contribution >= 0.6 is 0 Å². The molecule has 1 saturated carbocycles. The Hall–Kier alpha value is -0.610. The minimum Gasteiger partial charge on any atom is -0.370 e. The lowest BCUT2D eigenvalue weighted by molar-refractivity contribution is -0.119. The molecule has 1 aliphatic heterocycles. The van der Waals surface area contributed by atoms with Crippen molar-refractivity contribution in [1.29, 1.82) is 0 Å². The van der Waals surface area contributed by atoms with Crippen molar-refractivity contribution in [3.05, 3.63) is 0 Å². The molecule has 1 saturated heterocycles. The van der Waals surface area contributed by atoms with Crippen LogP contribution in [0.25, 0.3) is 0 Å². The highest BCUT2D eigenvalue weighted by atomic mass is 16.1. The van der Waals surface area contributed by atoms with Crippen LogP contribution in [0, 0.1) is 11.3 Å². The maximum absolute atomic E-state index is 10.7. The molecular weight excluding hydrogens is 262 g/mol. The van der Waals surface area contributed by atoms with E-state index in [2.05, 4.69) is 37.9 Å². The van der Waals surface area contributed by atoms with E-state index in [0.717, 1.165) is 19.1 Å². The van der Waals surface area contributed by atoms with Crippen LogP contribution < -0.4 is 11.1 Å². The molecule has 3 N–H and O–H groups in total. The number of nitrogens with one attached hydrogen (secondary N) is 1. The van der Waals surface area contributed by atoms with Crippen LogP contribution in [-0.2, 0) is 4.79 Å². The molecule has 0 aromatic rings. The molecule has 0 aromatic carbocycles. The van der Waals surface area contributed by atoms with E-state index in [4.69, 9.17) is 5.73 Å². The number of carbonyl (C=O) groups excluding carboxylic acids is 1. The Balaban J connectivity index is 0.000000219. The Morgan fingerprint density at radius 3 is 2.14 bits per heavy atom. The highest BCUT2D eigenvalue weighted by Crippen LogP contribution is 2.38. The van der Waals surface area contributed by atoms with Crippen LogP contribution in [0.1, 0.15) is 59.8 Å². The molecule has 0 radical (unpaired) electrons. The van der Waals surface area contributed by atoms with Crippen molar-refractivity contribution in [3.8, 4) is 0 Å². The monoisotopic (exact) mass is 297 g/mol. The van der Waals surface area contributed by atoms with Gasteiger partial charge in [0.1, 0.15) is 0 Å². The van der Waals surface area contributed by atoms with Gasteiger partial charge in [0.2, 0.25) is 5.91 Å². The van der Waals surface area contributed by atoms with Crippen molar-refractivity contribution in [2.24, 2.45) is 17.1 Å². The average Bonchev–Trinajstić information content (AvgIpc) is 2.42. The summed E-state index contributed by atoms with van der Waals surface area (Å²) in [5, 5.41) is 3.33. The highest BCUT2D eigenvalue weighted by Gasteiger charge is 2.27. The number of hydrogen-bond donors (Lipinski definition) is 2. The van der Waals surface area contributed by atoms with Crippen molar-refractivity contribution in [1.82, 2.24) is 10.2 Å². The Morgan fingerprint density at radius 1 is 1.24 bits per heavy atom. The number of hydrogen-bond acceptors (Lipinski definition) is 3. The van der Waals surface area contributed by atoms with Crippen LogP contribution in [0.2, 0.25) is 0 Å². The smallest absolute Gasteiger partial charge is 0.217 e. The molecule has 21 heavy (non-hydrogen) atoms. The van der Waals surface area contributed by atoms with E-state index < -0.39 is 0 Å². The van der Waals surface area contributed by atoms with Gasteiger partial charge in [0.15, 0.2) is 0 Å². The predicted molar refractivity (Wildman–Crippen MR) is 89.1 cm³/mol. The van der Waals surface area contributed by atoms with Gasteiger partial charge in [-0.3, -0.25) is 9.69 Å². The molecule has 0 bridgehead atoms. The highest BCUT2D eigenvalue weighted by molar-refractivity contribution is 5.73. The lowest BCUT2D eigenvalue weighted by Gasteiger charge is -2.33. The standard InChI is InChI=1S/C10H19NO.C7H16N2/c1-10(2)5-3-8(4-6-10)7-9(11)12;1-7(2)9-5-3-8-4-6-9/h8H,3-7H2,1-2H3,(H2,11,12);7-8H,3-6H2,1-2H3. The first-order chi connectivity index (χ1) is 9.80. The topological polar surface area (TPSA) is 58.4 Å². The normalized spacial score (nSPS) is 23.5. The Morgan fingerprint density at radius 2 is 1.76 bits per heavy atom. The van der Waals surface area contributed by atoms with E-state index in [1.165, 1.54) is 38.8 Å². The molecule has 4 heteroatoms. The van der Waals surface area contributed by atoms with Gasteiger partial charge in [0, 0.05) is 38.6 Å². The van der Waals surface area contributed by atoms with Crippen molar-refractivity contribution in [2.45, 2.75) is 65.8 Å². The van der Waals surface area contributed by atoms with Gasteiger partial charge < -0.3 is 11.1 Å². The molecule has 4 nitrogen and oxygen atoms in total. The maximum Gasteiger partial charge on any atom is 0.217 e. The van der Waals surface area contributed by atoms with Crippen molar-refractivity contribution >= 4 is 5.91 Å². The maximum atomic E-state index is 10.7. The van der Waals surface area contributed by atoms with Gasteiger partial charge in [-0.2, -0.15) is 0 Å². The average molecular weight is 297 g/mol. The molecule has 0 spiro atoms. The van der Waals surface area contributed by atoms with Gasteiger partial charge in [-0.05, 0) is 50.9 Å². The fourth-order valence-corrected chi connectivity index (χ4v) is 3.15. The van der Waals surface area contributed by atoms with Crippen molar-refractivity contribution in [3.63, 3.8) is 0 Å². The third-order valence-electron chi connectivity index (χ3n) is 4.83. The van der Waals surface area contributed by atoms with E-state index in [-0.39, 0.29) is 5.91 Å². The van der Waals surface area contributed by atoms with Gasteiger partial charge in [0.05, 0.1) is 0 Å². The van der Waals surface area contributed by atoms with Crippen molar-refractivity contribution < 1.29 is 4.79 Å². The summed E-state index contributed by atoms with van der Waals surface area (Å²) >= 11 is 0. The van der Waals surface area contributed by atoms with E-state index in [0.29, 0.717) is 17.8 Å². The summed E-state index contributed by atoms with van der Waals surface area (Å²) in [5.41, 5.74) is 5.65. The fraction of sp³-hybridized carbons (Fsp3) is 0.941. The molecule has 1 aliphatic carbocycles. The summed E-state index contributed by atoms with van der Waals surface area (Å²) < 4.78 is 0. The van der Waals surface area contributed by atoms with Gasteiger partial charge in [-0.25, -0.2) is 0 Å². The molecule has 2 aliphatic rings. The third-order valence-corrected chi connectivity index (χ3v) is 4.83. The van der Waals surface area contributed by atoms with Crippen LogP contribution in [0.3, 0.4) is 0 Å². The van der Waals surface area contributed by atoms with Crippen LogP contribution in [0.5, 0.6) is 0 Å². The number of primary amides is 1.